The van der Waals surface area contributed by atoms with E-state index in [0.717, 1.165) is 28.2 Å². The number of hydrogen-bond acceptors (Lipinski definition) is 2. The zero-order chi connectivity index (χ0) is 15.2. The van der Waals surface area contributed by atoms with Gasteiger partial charge in [0, 0.05) is 34.3 Å². The minimum atomic E-state index is 0.987. The van der Waals surface area contributed by atoms with Crippen LogP contribution in [0, 0.1) is 0 Å². The molecule has 0 atom stereocenters. The van der Waals surface area contributed by atoms with Crippen LogP contribution in [0.1, 0.15) is 5.56 Å². The number of hydrogen-bond donors (Lipinski definition) is 0. The maximum absolute atomic E-state index is 4.48. The highest BCUT2D eigenvalue weighted by Gasteiger charge is 2.01. The van der Waals surface area contributed by atoms with Crippen LogP contribution in [-0.4, -0.2) is 15.3 Å². The summed E-state index contributed by atoms with van der Waals surface area (Å²) in [6.45, 7) is 0.987. The third-order valence-electron chi connectivity index (χ3n) is 3.38. The molecule has 0 saturated carbocycles. The molecule has 1 aromatic heterocycles. The van der Waals surface area contributed by atoms with E-state index in [2.05, 4.69) is 68.1 Å². The summed E-state index contributed by atoms with van der Waals surface area (Å²) >= 11 is 5.41. The molecule has 4 heteroatoms. The van der Waals surface area contributed by atoms with Gasteiger partial charge in [0.05, 0.1) is 12.0 Å². The van der Waals surface area contributed by atoms with Gasteiger partial charge in [0.15, 0.2) is 0 Å². The van der Waals surface area contributed by atoms with Crippen molar-refractivity contribution in [1.29, 1.82) is 0 Å². The molecule has 0 aliphatic heterocycles. The van der Waals surface area contributed by atoms with Crippen LogP contribution in [0.15, 0.2) is 71.6 Å². The third-order valence-corrected chi connectivity index (χ3v) is 4.92. The van der Waals surface area contributed by atoms with E-state index in [-0.39, 0.29) is 0 Å². The van der Waals surface area contributed by atoms with Crippen LogP contribution in [-0.2, 0) is 12.3 Å². The molecule has 0 fully saturated rings. The zero-order valence-electron chi connectivity index (χ0n) is 12.2. The highest BCUT2D eigenvalue weighted by Crippen LogP contribution is 2.18. The van der Waals surface area contributed by atoms with Crippen molar-refractivity contribution >= 4 is 27.7 Å². The molecular formula is C18H17BrN2S. The monoisotopic (exact) mass is 372 g/mol. The standard InChI is InChI=1S/C18H17BrN2S/c19-17-8-6-15(7-9-17)13-22-11-10-21-12-18(20-14-21)16-4-2-1-3-5-16/h1-9,12,14H,10-11,13H2. The van der Waals surface area contributed by atoms with Crippen molar-refractivity contribution in [2.24, 2.45) is 0 Å². The van der Waals surface area contributed by atoms with Crippen LogP contribution in [0.5, 0.6) is 0 Å². The van der Waals surface area contributed by atoms with Gasteiger partial charge in [0.25, 0.3) is 0 Å². The highest BCUT2D eigenvalue weighted by molar-refractivity contribution is 9.10. The van der Waals surface area contributed by atoms with Crippen molar-refractivity contribution < 1.29 is 0 Å². The highest BCUT2D eigenvalue weighted by atomic mass is 79.9. The molecule has 3 aromatic rings. The number of halogens is 1. The lowest BCUT2D eigenvalue weighted by molar-refractivity contribution is 0.770. The Morgan fingerprint density at radius 2 is 1.77 bits per heavy atom. The fraction of sp³-hybridized carbons (Fsp3) is 0.167. The summed E-state index contributed by atoms with van der Waals surface area (Å²) in [5.74, 6) is 2.13. The molecule has 3 rings (SSSR count). The van der Waals surface area contributed by atoms with E-state index >= 15 is 0 Å². The van der Waals surface area contributed by atoms with Crippen LogP contribution in [0.2, 0.25) is 0 Å². The Morgan fingerprint density at radius 3 is 2.55 bits per heavy atom. The van der Waals surface area contributed by atoms with Crippen molar-refractivity contribution in [1.82, 2.24) is 9.55 Å². The van der Waals surface area contributed by atoms with Crippen LogP contribution >= 0.6 is 27.7 Å². The lowest BCUT2D eigenvalue weighted by Gasteiger charge is -2.03. The number of nitrogens with zero attached hydrogens (tertiary/aromatic N) is 2. The van der Waals surface area contributed by atoms with Gasteiger partial charge in [-0.2, -0.15) is 11.8 Å². The lowest BCUT2D eigenvalue weighted by atomic mass is 10.2. The summed E-state index contributed by atoms with van der Waals surface area (Å²) in [7, 11) is 0. The molecular weight excluding hydrogens is 356 g/mol. The topological polar surface area (TPSA) is 17.8 Å². The van der Waals surface area contributed by atoms with Gasteiger partial charge in [-0.05, 0) is 17.7 Å². The average molecular weight is 373 g/mol. The first kappa shape index (κ1) is 15.4. The molecule has 22 heavy (non-hydrogen) atoms. The van der Waals surface area contributed by atoms with Crippen molar-refractivity contribution in [3.05, 3.63) is 77.2 Å². The van der Waals surface area contributed by atoms with Gasteiger partial charge in [-0.3, -0.25) is 0 Å². The molecule has 0 N–H and O–H groups in total. The van der Waals surface area contributed by atoms with Gasteiger partial charge in [0.1, 0.15) is 0 Å². The summed E-state index contributed by atoms with van der Waals surface area (Å²) in [4.78, 5) is 4.48. The maximum atomic E-state index is 4.48. The van der Waals surface area contributed by atoms with Crippen molar-refractivity contribution in [3.63, 3.8) is 0 Å². The normalized spacial score (nSPS) is 10.8. The number of aryl methyl sites for hydroxylation is 1. The number of rotatable bonds is 6. The largest absolute Gasteiger partial charge is 0.336 e. The lowest BCUT2D eigenvalue weighted by Crippen LogP contribution is -1.97. The van der Waals surface area contributed by atoms with E-state index in [1.54, 1.807) is 0 Å². The van der Waals surface area contributed by atoms with E-state index in [1.807, 2.05) is 36.3 Å². The second-order valence-corrected chi connectivity index (χ2v) is 7.06. The number of imidazole rings is 1. The molecule has 2 aromatic carbocycles. The van der Waals surface area contributed by atoms with Gasteiger partial charge in [-0.15, -0.1) is 0 Å². The molecule has 0 radical (unpaired) electrons. The summed E-state index contributed by atoms with van der Waals surface area (Å²) < 4.78 is 3.30. The molecule has 0 amide bonds. The number of benzene rings is 2. The molecule has 112 valence electrons. The Hall–Kier alpha value is -1.52. The molecule has 0 aliphatic rings. The van der Waals surface area contributed by atoms with Crippen LogP contribution in [0.25, 0.3) is 11.3 Å². The molecule has 0 saturated heterocycles. The fourth-order valence-electron chi connectivity index (χ4n) is 2.18. The maximum Gasteiger partial charge on any atom is 0.0954 e. The van der Waals surface area contributed by atoms with Crippen molar-refractivity contribution in [3.8, 4) is 11.3 Å². The van der Waals surface area contributed by atoms with Gasteiger partial charge in [-0.25, -0.2) is 4.98 Å². The quantitative estimate of drug-likeness (QED) is 0.550. The Bertz CT molecular complexity index is 707. The second-order valence-electron chi connectivity index (χ2n) is 5.04. The fourth-order valence-corrected chi connectivity index (χ4v) is 3.36. The van der Waals surface area contributed by atoms with Gasteiger partial charge >= 0.3 is 0 Å². The van der Waals surface area contributed by atoms with Gasteiger partial charge in [0.2, 0.25) is 0 Å². The molecule has 0 aliphatic carbocycles. The molecule has 2 nitrogen and oxygen atoms in total. The summed E-state index contributed by atoms with van der Waals surface area (Å²) in [6.07, 6.45) is 4.04. The van der Waals surface area contributed by atoms with E-state index in [4.69, 9.17) is 0 Å². The summed E-state index contributed by atoms with van der Waals surface area (Å²) in [5.41, 5.74) is 3.58. The van der Waals surface area contributed by atoms with Crippen LogP contribution in [0.4, 0.5) is 0 Å². The number of aromatic nitrogens is 2. The molecule has 0 unspecified atom stereocenters. The zero-order valence-corrected chi connectivity index (χ0v) is 14.6. The Labute approximate surface area is 143 Å². The predicted molar refractivity (Wildman–Crippen MR) is 98.0 cm³/mol. The smallest absolute Gasteiger partial charge is 0.0954 e. The minimum Gasteiger partial charge on any atom is -0.336 e. The molecule has 0 spiro atoms. The Morgan fingerprint density at radius 1 is 1.00 bits per heavy atom. The SMILES string of the molecule is Brc1ccc(CSCCn2cnc(-c3ccccc3)c2)cc1. The first-order valence-electron chi connectivity index (χ1n) is 7.21. The first-order chi connectivity index (χ1) is 10.8. The van der Waals surface area contributed by atoms with Crippen LogP contribution < -0.4 is 0 Å². The number of thioether (sulfide) groups is 1. The van der Waals surface area contributed by atoms with E-state index in [0.29, 0.717) is 0 Å². The van der Waals surface area contributed by atoms with Crippen molar-refractivity contribution in [2.45, 2.75) is 12.3 Å². The van der Waals surface area contributed by atoms with Crippen LogP contribution in [0.3, 0.4) is 0 Å². The Balaban J connectivity index is 1.48. The first-order valence-corrected chi connectivity index (χ1v) is 9.15. The average Bonchev–Trinajstić information content (AvgIpc) is 3.03. The predicted octanol–water partition coefficient (Wildman–Crippen LogP) is 5.25. The third kappa shape index (κ3) is 4.24. The summed E-state index contributed by atoms with van der Waals surface area (Å²) in [6, 6.07) is 18.8. The van der Waals surface area contributed by atoms with Gasteiger partial charge < -0.3 is 4.57 Å². The van der Waals surface area contributed by atoms with Gasteiger partial charge in [-0.1, -0.05) is 58.4 Å². The van der Waals surface area contributed by atoms with Crippen molar-refractivity contribution in [2.75, 3.05) is 5.75 Å². The summed E-state index contributed by atoms with van der Waals surface area (Å²) in [5, 5.41) is 0. The molecule has 1 heterocycles. The Kier molecular flexibility index (Phi) is 5.35. The second kappa shape index (κ2) is 7.65. The minimum absolute atomic E-state index is 0.987. The van der Waals surface area contributed by atoms with E-state index < -0.39 is 0 Å². The molecule has 0 bridgehead atoms. The van der Waals surface area contributed by atoms with E-state index in [1.165, 1.54) is 11.1 Å². The van der Waals surface area contributed by atoms with E-state index in [9.17, 15) is 0 Å².